The van der Waals surface area contributed by atoms with Gasteiger partial charge in [-0.15, -0.1) is 0 Å². The summed E-state index contributed by atoms with van der Waals surface area (Å²) in [5, 5.41) is 0. The number of piperazine rings is 1. The highest BCUT2D eigenvalue weighted by molar-refractivity contribution is 7.91. The quantitative estimate of drug-likeness (QED) is 0.704. The van der Waals surface area contributed by atoms with Crippen molar-refractivity contribution in [2.75, 3.05) is 56.2 Å². The second kappa shape index (κ2) is 8.69. The average Bonchev–Trinajstić information content (AvgIpc) is 3.07. The standard InChI is InChI=1S/C20H31N3O4S/c1-4-27-19-7-5-17(6-8-19)23-12-10-22(11-13-23)16(2)20(24)21(3)18-9-14-28(25,26)15-18/h5-8,16,18H,4,9-15H2,1-3H3. The number of ether oxygens (including phenoxy) is 1. The molecule has 2 aliphatic rings. The molecule has 28 heavy (non-hydrogen) atoms. The normalized spacial score (nSPS) is 23.4. The van der Waals surface area contributed by atoms with E-state index in [4.69, 9.17) is 4.74 Å². The van der Waals surface area contributed by atoms with Gasteiger partial charge in [0.25, 0.3) is 0 Å². The van der Waals surface area contributed by atoms with Crippen molar-refractivity contribution in [1.82, 2.24) is 9.80 Å². The lowest BCUT2D eigenvalue weighted by Gasteiger charge is -2.40. The molecule has 1 amide bonds. The molecule has 8 heteroatoms. The number of benzene rings is 1. The summed E-state index contributed by atoms with van der Waals surface area (Å²) in [4.78, 5) is 19.0. The Labute approximate surface area is 168 Å². The first kappa shape index (κ1) is 20.9. The molecule has 2 atom stereocenters. The van der Waals surface area contributed by atoms with Crippen LogP contribution in [0, 0.1) is 0 Å². The van der Waals surface area contributed by atoms with Gasteiger partial charge in [-0.1, -0.05) is 0 Å². The molecule has 2 heterocycles. The van der Waals surface area contributed by atoms with Crippen molar-refractivity contribution in [2.45, 2.75) is 32.4 Å². The van der Waals surface area contributed by atoms with Crippen LogP contribution in [0.25, 0.3) is 0 Å². The van der Waals surface area contributed by atoms with Gasteiger partial charge in [0.15, 0.2) is 9.84 Å². The average molecular weight is 410 g/mol. The summed E-state index contributed by atoms with van der Waals surface area (Å²) in [6.45, 7) is 7.87. The van der Waals surface area contributed by atoms with Crippen molar-refractivity contribution in [1.29, 1.82) is 0 Å². The van der Waals surface area contributed by atoms with Crippen molar-refractivity contribution in [3.8, 4) is 5.75 Å². The van der Waals surface area contributed by atoms with Gasteiger partial charge in [-0.2, -0.15) is 0 Å². The minimum atomic E-state index is -2.99. The molecule has 1 aromatic carbocycles. The molecule has 0 N–H and O–H groups in total. The van der Waals surface area contributed by atoms with Gasteiger partial charge in [0.2, 0.25) is 5.91 Å². The van der Waals surface area contributed by atoms with Gasteiger partial charge in [-0.05, 0) is 44.5 Å². The molecule has 0 saturated carbocycles. The summed E-state index contributed by atoms with van der Waals surface area (Å²) in [5.74, 6) is 1.16. The van der Waals surface area contributed by atoms with Gasteiger partial charge < -0.3 is 14.5 Å². The molecule has 0 bridgehead atoms. The molecule has 3 rings (SSSR count). The molecule has 0 radical (unpaired) electrons. The van der Waals surface area contributed by atoms with E-state index in [-0.39, 0.29) is 29.5 Å². The van der Waals surface area contributed by atoms with Crippen molar-refractivity contribution in [3.63, 3.8) is 0 Å². The van der Waals surface area contributed by atoms with Crippen molar-refractivity contribution in [3.05, 3.63) is 24.3 Å². The van der Waals surface area contributed by atoms with E-state index >= 15 is 0 Å². The lowest BCUT2D eigenvalue weighted by Crippen LogP contribution is -2.55. The summed E-state index contributed by atoms with van der Waals surface area (Å²) in [6, 6.07) is 7.69. The Bertz CT molecular complexity index is 773. The van der Waals surface area contributed by atoms with Crippen LogP contribution in [0.1, 0.15) is 20.3 Å². The maximum atomic E-state index is 12.9. The highest BCUT2D eigenvalue weighted by atomic mass is 32.2. The molecule has 0 aliphatic carbocycles. The molecule has 1 aromatic rings. The Morgan fingerprint density at radius 3 is 2.39 bits per heavy atom. The first-order valence-electron chi connectivity index (χ1n) is 9.99. The molecule has 0 spiro atoms. The number of hydrogen-bond acceptors (Lipinski definition) is 6. The smallest absolute Gasteiger partial charge is 0.239 e. The number of nitrogens with zero attached hydrogens (tertiary/aromatic N) is 3. The molecule has 156 valence electrons. The monoisotopic (exact) mass is 409 g/mol. The Morgan fingerprint density at radius 1 is 1.21 bits per heavy atom. The van der Waals surface area contributed by atoms with Gasteiger partial charge in [0, 0.05) is 45.0 Å². The van der Waals surface area contributed by atoms with Crippen LogP contribution >= 0.6 is 0 Å². The van der Waals surface area contributed by atoms with Crippen LogP contribution in [0.4, 0.5) is 5.69 Å². The third-order valence-electron chi connectivity index (χ3n) is 5.84. The van der Waals surface area contributed by atoms with Crippen molar-refractivity contribution < 1.29 is 17.9 Å². The first-order valence-corrected chi connectivity index (χ1v) is 11.8. The fraction of sp³-hybridized carbons (Fsp3) is 0.650. The molecule has 2 unspecified atom stereocenters. The molecular weight excluding hydrogens is 378 g/mol. The van der Waals surface area contributed by atoms with Gasteiger partial charge >= 0.3 is 0 Å². The fourth-order valence-electron chi connectivity index (χ4n) is 4.00. The second-order valence-electron chi connectivity index (χ2n) is 7.63. The molecule has 2 saturated heterocycles. The molecule has 7 nitrogen and oxygen atoms in total. The second-order valence-corrected chi connectivity index (χ2v) is 9.86. The summed E-state index contributed by atoms with van der Waals surface area (Å²) in [6.07, 6.45) is 0.544. The summed E-state index contributed by atoms with van der Waals surface area (Å²) < 4.78 is 28.9. The van der Waals surface area contributed by atoms with Gasteiger partial charge in [-0.3, -0.25) is 9.69 Å². The number of carbonyl (C=O) groups is 1. The Morgan fingerprint density at radius 2 is 1.86 bits per heavy atom. The van der Waals surface area contributed by atoms with Gasteiger partial charge in [0.1, 0.15) is 5.75 Å². The third kappa shape index (κ3) is 4.78. The highest BCUT2D eigenvalue weighted by Gasteiger charge is 2.35. The Balaban J connectivity index is 1.53. The van der Waals surface area contributed by atoms with E-state index in [1.165, 1.54) is 0 Å². The van der Waals surface area contributed by atoms with Crippen LogP contribution in [-0.4, -0.2) is 87.5 Å². The minimum absolute atomic E-state index is 0.0108. The molecular formula is C20H31N3O4S. The van der Waals surface area contributed by atoms with Crippen molar-refractivity contribution >= 4 is 21.4 Å². The predicted molar refractivity (Wildman–Crippen MR) is 111 cm³/mol. The van der Waals surface area contributed by atoms with E-state index in [1.807, 2.05) is 26.0 Å². The zero-order valence-electron chi connectivity index (χ0n) is 17.0. The number of hydrogen-bond donors (Lipinski definition) is 0. The number of amides is 1. The van der Waals surface area contributed by atoms with E-state index in [2.05, 4.69) is 21.9 Å². The van der Waals surface area contributed by atoms with Crippen LogP contribution in [0.2, 0.25) is 0 Å². The minimum Gasteiger partial charge on any atom is -0.494 e. The van der Waals surface area contributed by atoms with E-state index in [0.29, 0.717) is 13.0 Å². The van der Waals surface area contributed by atoms with E-state index in [1.54, 1.807) is 11.9 Å². The number of carbonyl (C=O) groups excluding carboxylic acids is 1. The van der Waals surface area contributed by atoms with Crippen LogP contribution in [0.15, 0.2) is 24.3 Å². The predicted octanol–water partition coefficient (Wildman–Crippen LogP) is 1.24. The maximum Gasteiger partial charge on any atom is 0.239 e. The van der Waals surface area contributed by atoms with Crippen molar-refractivity contribution in [2.24, 2.45) is 0 Å². The Hall–Kier alpha value is -1.80. The molecule has 0 aromatic heterocycles. The lowest BCUT2D eigenvalue weighted by atomic mass is 10.1. The van der Waals surface area contributed by atoms with Gasteiger partial charge in [0.05, 0.1) is 24.2 Å². The maximum absolute atomic E-state index is 12.9. The summed E-state index contributed by atoms with van der Waals surface area (Å²) in [7, 11) is -1.26. The third-order valence-corrected chi connectivity index (χ3v) is 7.59. The van der Waals surface area contributed by atoms with Crippen LogP contribution in [0.3, 0.4) is 0 Å². The zero-order valence-corrected chi connectivity index (χ0v) is 17.8. The van der Waals surface area contributed by atoms with Crippen LogP contribution in [0.5, 0.6) is 5.75 Å². The first-order chi connectivity index (χ1) is 13.3. The molecule has 2 aliphatic heterocycles. The van der Waals surface area contributed by atoms with E-state index < -0.39 is 9.84 Å². The number of sulfone groups is 1. The zero-order chi connectivity index (χ0) is 20.3. The molecule has 2 fully saturated rings. The topological polar surface area (TPSA) is 70.2 Å². The lowest BCUT2D eigenvalue weighted by molar-refractivity contribution is -0.136. The fourth-order valence-corrected chi connectivity index (χ4v) is 5.77. The number of rotatable bonds is 6. The largest absolute Gasteiger partial charge is 0.494 e. The van der Waals surface area contributed by atoms with E-state index in [0.717, 1.165) is 37.6 Å². The summed E-state index contributed by atoms with van der Waals surface area (Å²) >= 11 is 0. The SMILES string of the molecule is CCOc1ccc(N2CCN(C(C)C(=O)N(C)C3CCS(=O)(=O)C3)CC2)cc1. The number of likely N-dealkylation sites (N-methyl/N-ethyl adjacent to an activating group) is 1. The van der Waals surface area contributed by atoms with Gasteiger partial charge in [-0.25, -0.2) is 8.42 Å². The van der Waals surface area contributed by atoms with Crippen LogP contribution in [-0.2, 0) is 14.6 Å². The van der Waals surface area contributed by atoms with Crippen LogP contribution < -0.4 is 9.64 Å². The van der Waals surface area contributed by atoms with E-state index in [9.17, 15) is 13.2 Å². The summed E-state index contributed by atoms with van der Waals surface area (Å²) in [5.41, 5.74) is 1.16. The number of anilines is 1. The Kier molecular flexibility index (Phi) is 6.50. The highest BCUT2D eigenvalue weighted by Crippen LogP contribution is 2.22.